The molecule has 1 saturated heterocycles. The molecule has 1 aromatic carbocycles. The topological polar surface area (TPSA) is 75.7 Å². The Hall–Kier alpha value is -2.37. The molecule has 2 rings (SSSR count). The maximum atomic E-state index is 12.4. The summed E-state index contributed by atoms with van der Waals surface area (Å²) in [5.74, 6) is -1.17. The van der Waals surface area contributed by atoms with Gasteiger partial charge in [-0.2, -0.15) is 0 Å². The van der Waals surface area contributed by atoms with E-state index >= 15 is 0 Å². The van der Waals surface area contributed by atoms with Crippen LogP contribution in [-0.4, -0.2) is 38.0 Å². The molecule has 6 nitrogen and oxygen atoms in total. The molecule has 1 N–H and O–H groups in total. The number of amides is 2. The monoisotopic (exact) mass is 332 g/mol. The largest absolute Gasteiger partial charge is 0.455 e. The van der Waals surface area contributed by atoms with Crippen LogP contribution in [0.2, 0.25) is 0 Å². The van der Waals surface area contributed by atoms with Crippen molar-refractivity contribution in [2.45, 2.75) is 32.6 Å². The number of nitrogens with zero attached hydrogens (tertiary/aromatic N) is 1. The van der Waals surface area contributed by atoms with Gasteiger partial charge in [0.25, 0.3) is 5.91 Å². The number of benzene rings is 1. The first-order valence-electron chi connectivity index (χ1n) is 8.24. The van der Waals surface area contributed by atoms with Gasteiger partial charge in [-0.05, 0) is 24.0 Å². The minimum atomic E-state index is -0.535. The van der Waals surface area contributed by atoms with Crippen LogP contribution in [-0.2, 0) is 19.1 Å². The lowest BCUT2D eigenvalue weighted by Crippen LogP contribution is -2.30. The van der Waals surface area contributed by atoms with Crippen molar-refractivity contribution >= 4 is 23.5 Å². The van der Waals surface area contributed by atoms with Crippen LogP contribution in [0.15, 0.2) is 24.3 Å². The second-order valence-electron chi connectivity index (χ2n) is 6.05. The molecule has 0 aliphatic carbocycles. The molecule has 2 amide bonds. The fourth-order valence-electron chi connectivity index (χ4n) is 2.79. The van der Waals surface area contributed by atoms with Gasteiger partial charge in [-0.1, -0.05) is 32.0 Å². The average molecular weight is 332 g/mol. The highest BCUT2D eigenvalue weighted by atomic mass is 16.5. The third-order valence-corrected chi connectivity index (χ3v) is 4.45. The summed E-state index contributed by atoms with van der Waals surface area (Å²) in [5.41, 5.74) is 1.96. The molecule has 6 heteroatoms. The van der Waals surface area contributed by atoms with Crippen LogP contribution in [0.5, 0.6) is 0 Å². The molecule has 1 aromatic rings. The number of esters is 1. The van der Waals surface area contributed by atoms with Gasteiger partial charge in [-0.15, -0.1) is 0 Å². The number of hydrogen-bond donors (Lipinski definition) is 1. The van der Waals surface area contributed by atoms with Gasteiger partial charge in [0, 0.05) is 25.7 Å². The Kier molecular flexibility index (Phi) is 5.95. The SMILES string of the molecule is CC[C@H](C)c1ccccc1N1C[C@H](C(=O)OCC(=O)NC)CC1=O. The van der Waals surface area contributed by atoms with E-state index in [1.54, 1.807) is 4.90 Å². The van der Waals surface area contributed by atoms with Crippen molar-refractivity contribution in [3.63, 3.8) is 0 Å². The molecule has 1 aliphatic rings. The van der Waals surface area contributed by atoms with E-state index in [0.29, 0.717) is 12.5 Å². The molecule has 0 aromatic heterocycles. The zero-order valence-corrected chi connectivity index (χ0v) is 14.4. The third kappa shape index (κ3) is 3.93. The number of anilines is 1. The number of likely N-dealkylation sites (N-methyl/N-ethyl adjacent to an activating group) is 1. The molecule has 130 valence electrons. The molecular formula is C18H24N2O4. The number of carbonyl (C=O) groups excluding carboxylic acids is 3. The lowest BCUT2D eigenvalue weighted by Gasteiger charge is -2.23. The van der Waals surface area contributed by atoms with Crippen molar-refractivity contribution in [1.29, 1.82) is 0 Å². The zero-order chi connectivity index (χ0) is 17.7. The quantitative estimate of drug-likeness (QED) is 0.807. The van der Waals surface area contributed by atoms with Gasteiger partial charge in [-0.25, -0.2) is 0 Å². The summed E-state index contributed by atoms with van der Waals surface area (Å²) >= 11 is 0. The van der Waals surface area contributed by atoms with Gasteiger partial charge in [0.2, 0.25) is 5.91 Å². The minimum absolute atomic E-state index is 0.0901. The molecule has 0 saturated carbocycles. The summed E-state index contributed by atoms with van der Waals surface area (Å²) in [6.45, 7) is 4.20. The number of ether oxygens (including phenoxy) is 1. The first kappa shape index (κ1) is 18.0. The highest BCUT2D eigenvalue weighted by molar-refractivity contribution is 6.00. The van der Waals surface area contributed by atoms with E-state index in [0.717, 1.165) is 17.7 Å². The van der Waals surface area contributed by atoms with Crippen LogP contribution in [0.25, 0.3) is 0 Å². The van der Waals surface area contributed by atoms with Gasteiger partial charge >= 0.3 is 5.97 Å². The highest BCUT2D eigenvalue weighted by Gasteiger charge is 2.37. The molecule has 2 atom stereocenters. The van der Waals surface area contributed by atoms with E-state index in [9.17, 15) is 14.4 Å². The Morgan fingerprint density at radius 3 is 2.75 bits per heavy atom. The van der Waals surface area contributed by atoms with Gasteiger partial charge in [0.1, 0.15) is 0 Å². The molecule has 1 heterocycles. The number of carbonyl (C=O) groups is 3. The van der Waals surface area contributed by atoms with Crippen LogP contribution < -0.4 is 10.2 Å². The average Bonchev–Trinajstić information content (AvgIpc) is 3.00. The normalized spacial score (nSPS) is 18.4. The van der Waals surface area contributed by atoms with Crippen molar-refractivity contribution in [2.24, 2.45) is 5.92 Å². The molecule has 24 heavy (non-hydrogen) atoms. The fourth-order valence-corrected chi connectivity index (χ4v) is 2.79. The van der Waals surface area contributed by atoms with Gasteiger partial charge in [0.15, 0.2) is 6.61 Å². The Morgan fingerprint density at radius 1 is 1.38 bits per heavy atom. The van der Waals surface area contributed by atoms with E-state index in [4.69, 9.17) is 4.74 Å². The number of hydrogen-bond acceptors (Lipinski definition) is 4. The maximum Gasteiger partial charge on any atom is 0.311 e. The van der Waals surface area contributed by atoms with Gasteiger partial charge < -0.3 is 15.0 Å². The predicted octanol–water partition coefficient (Wildman–Crippen LogP) is 1.84. The predicted molar refractivity (Wildman–Crippen MR) is 90.6 cm³/mol. The number of nitrogens with one attached hydrogen (secondary N) is 1. The van der Waals surface area contributed by atoms with Crippen LogP contribution in [0.3, 0.4) is 0 Å². The third-order valence-electron chi connectivity index (χ3n) is 4.45. The summed E-state index contributed by atoms with van der Waals surface area (Å²) in [6, 6.07) is 7.79. The second-order valence-corrected chi connectivity index (χ2v) is 6.05. The smallest absolute Gasteiger partial charge is 0.311 e. The fraction of sp³-hybridized carbons (Fsp3) is 0.500. The van der Waals surface area contributed by atoms with Crippen molar-refractivity contribution in [3.05, 3.63) is 29.8 Å². The van der Waals surface area contributed by atoms with E-state index in [1.165, 1.54) is 7.05 Å². The lowest BCUT2D eigenvalue weighted by molar-refractivity contribution is -0.152. The summed E-state index contributed by atoms with van der Waals surface area (Å²) in [7, 11) is 1.48. The first-order valence-corrected chi connectivity index (χ1v) is 8.24. The zero-order valence-electron chi connectivity index (χ0n) is 14.4. The summed E-state index contributed by atoms with van der Waals surface area (Å²) in [6.07, 6.45) is 1.08. The molecule has 1 fully saturated rings. The summed E-state index contributed by atoms with van der Waals surface area (Å²) < 4.78 is 4.98. The molecule has 0 spiro atoms. The van der Waals surface area contributed by atoms with E-state index in [2.05, 4.69) is 19.2 Å². The molecule has 0 bridgehead atoms. The van der Waals surface area contributed by atoms with Crippen molar-refractivity contribution in [1.82, 2.24) is 5.32 Å². The van der Waals surface area contributed by atoms with Crippen LogP contribution in [0, 0.1) is 5.92 Å². The molecular weight excluding hydrogens is 308 g/mol. The van der Waals surface area contributed by atoms with E-state index in [1.807, 2.05) is 24.3 Å². The highest BCUT2D eigenvalue weighted by Crippen LogP contribution is 2.33. The van der Waals surface area contributed by atoms with Crippen molar-refractivity contribution in [2.75, 3.05) is 25.1 Å². The van der Waals surface area contributed by atoms with Crippen molar-refractivity contribution < 1.29 is 19.1 Å². The van der Waals surface area contributed by atoms with Crippen LogP contribution in [0.4, 0.5) is 5.69 Å². The van der Waals surface area contributed by atoms with Gasteiger partial charge in [0.05, 0.1) is 5.92 Å². The Balaban J connectivity index is 2.10. The van der Waals surface area contributed by atoms with Gasteiger partial charge in [-0.3, -0.25) is 14.4 Å². The van der Waals surface area contributed by atoms with Crippen LogP contribution in [0.1, 0.15) is 38.2 Å². The van der Waals surface area contributed by atoms with Crippen molar-refractivity contribution in [3.8, 4) is 0 Å². The Labute approximate surface area is 142 Å². The Morgan fingerprint density at radius 2 is 2.08 bits per heavy atom. The maximum absolute atomic E-state index is 12.4. The molecule has 0 radical (unpaired) electrons. The van der Waals surface area contributed by atoms with E-state index in [-0.39, 0.29) is 24.8 Å². The summed E-state index contributed by atoms with van der Waals surface area (Å²) in [4.78, 5) is 37.3. The standard InChI is InChI=1S/C18H24N2O4/c1-4-12(2)14-7-5-6-8-15(14)20-10-13(9-17(20)22)18(23)24-11-16(21)19-3/h5-8,12-13H,4,9-11H2,1-3H3,(H,19,21)/t12-,13+/m0/s1. The second kappa shape index (κ2) is 7.95. The molecule has 1 aliphatic heterocycles. The minimum Gasteiger partial charge on any atom is -0.455 e. The first-order chi connectivity index (χ1) is 11.5. The number of rotatable bonds is 6. The number of para-hydroxylation sites is 1. The Bertz CT molecular complexity index is 629. The molecule has 0 unspecified atom stereocenters. The van der Waals surface area contributed by atoms with E-state index < -0.39 is 11.9 Å². The lowest BCUT2D eigenvalue weighted by atomic mass is 9.96. The summed E-state index contributed by atoms with van der Waals surface area (Å²) in [5, 5.41) is 2.39. The van der Waals surface area contributed by atoms with Crippen LogP contribution >= 0.6 is 0 Å².